The van der Waals surface area contributed by atoms with Crippen LogP contribution in [0.5, 0.6) is 0 Å². The van der Waals surface area contributed by atoms with Crippen LogP contribution in [0.2, 0.25) is 0 Å². The highest BCUT2D eigenvalue weighted by Gasteiger charge is 2.73. The third-order valence-corrected chi connectivity index (χ3v) is 3.79. The lowest BCUT2D eigenvalue weighted by molar-refractivity contribution is -0.358. The number of carbonyl (C=O) groups excluding carboxylic acids is 2. The molecule has 8 nitrogen and oxygen atoms in total. The van der Waals surface area contributed by atoms with Crippen LogP contribution in [-0.4, -0.2) is 61.8 Å². The van der Waals surface area contributed by atoms with Crippen LogP contribution in [0.15, 0.2) is 0 Å². The summed E-state index contributed by atoms with van der Waals surface area (Å²) in [5.74, 6) is -1.88. The maximum Gasteiger partial charge on any atom is 0.338 e. The molecule has 0 saturated carbocycles. The second-order valence-corrected chi connectivity index (χ2v) is 4.63. The smallest absolute Gasteiger partial charge is 0.338 e. The molecule has 1 unspecified atom stereocenters. The second kappa shape index (κ2) is 4.41. The zero-order valence-corrected chi connectivity index (χ0v) is 10.7. The van der Waals surface area contributed by atoms with E-state index in [1.807, 2.05) is 0 Å². The van der Waals surface area contributed by atoms with Gasteiger partial charge in [0.2, 0.25) is 0 Å². The van der Waals surface area contributed by atoms with E-state index in [-0.39, 0.29) is 19.8 Å². The number of cyclic esters (lactones) is 1. The highest BCUT2D eigenvalue weighted by atomic mass is 17.0. The lowest BCUT2D eigenvalue weighted by Crippen LogP contribution is -2.53. The fourth-order valence-electron chi connectivity index (χ4n) is 2.90. The summed E-state index contributed by atoms with van der Waals surface area (Å²) in [5.41, 5.74) is -0.900. The van der Waals surface area contributed by atoms with Crippen molar-refractivity contribution < 1.29 is 33.5 Å². The molecule has 3 rings (SSSR count). The minimum atomic E-state index is -1.05. The number of methoxy groups -OCH3 is 1. The lowest BCUT2D eigenvalue weighted by atomic mass is 9.80. The summed E-state index contributed by atoms with van der Waals surface area (Å²) in [5, 5.41) is 1.18. The molecule has 8 heteroatoms. The van der Waals surface area contributed by atoms with E-state index in [2.05, 4.69) is 0 Å². The summed E-state index contributed by atoms with van der Waals surface area (Å²) >= 11 is 0. The zero-order chi connectivity index (χ0) is 13.6. The second-order valence-electron chi connectivity index (χ2n) is 4.63. The minimum Gasteiger partial charge on any atom is -0.464 e. The minimum absolute atomic E-state index is 0.0743. The molecule has 3 aliphatic rings. The first kappa shape index (κ1) is 12.8. The number of ether oxygens (including phenoxy) is 3. The van der Waals surface area contributed by atoms with E-state index in [1.165, 1.54) is 12.3 Å². The van der Waals surface area contributed by atoms with Gasteiger partial charge in [-0.2, -0.15) is 0 Å². The van der Waals surface area contributed by atoms with Gasteiger partial charge in [-0.05, 0) is 6.92 Å². The average molecular weight is 273 g/mol. The molecular formula is C11H15NO7. The van der Waals surface area contributed by atoms with E-state index >= 15 is 0 Å². The van der Waals surface area contributed by atoms with Crippen LogP contribution in [0, 0.1) is 5.92 Å². The molecular weight excluding hydrogens is 258 g/mol. The molecule has 3 fully saturated rings. The first-order chi connectivity index (χ1) is 9.15. The normalized spacial score (nSPS) is 40.9. The van der Waals surface area contributed by atoms with Crippen LogP contribution in [0.1, 0.15) is 6.92 Å². The Kier molecular flexibility index (Phi) is 2.97. The molecule has 3 saturated heterocycles. The van der Waals surface area contributed by atoms with Gasteiger partial charge in [0.05, 0.1) is 13.2 Å². The van der Waals surface area contributed by atoms with E-state index < -0.39 is 35.6 Å². The largest absolute Gasteiger partial charge is 0.464 e. The van der Waals surface area contributed by atoms with Crippen molar-refractivity contribution in [3.63, 3.8) is 0 Å². The Hall–Kier alpha value is -1.22. The number of hydroxylamine groups is 2. The Morgan fingerprint density at radius 2 is 2.37 bits per heavy atom. The SMILES string of the molecule is CCOC(=O)[C@@H]1ON2OCC(OC)[C@@]23COC(=O)[C@@H]13. The molecule has 0 amide bonds. The number of carbonyl (C=O) groups is 2. The maximum absolute atomic E-state index is 11.9. The first-order valence-corrected chi connectivity index (χ1v) is 6.11. The van der Waals surface area contributed by atoms with Crippen LogP contribution < -0.4 is 0 Å². The van der Waals surface area contributed by atoms with Crippen molar-refractivity contribution in [2.24, 2.45) is 5.92 Å². The van der Waals surface area contributed by atoms with Crippen LogP contribution >= 0.6 is 0 Å². The Morgan fingerprint density at radius 1 is 1.58 bits per heavy atom. The molecule has 0 aromatic carbocycles. The molecule has 106 valence electrons. The molecule has 3 heterocycles. The van der Waals surface area contributed by atoms with Crippen molar-refractivity contribution in [3.05, 3.63) is 0 Å². The average Bonchev–Trinajstić information content (AvgIpc) is 2.99. The third kappa shape index (κ3) is 1.54. The predicted octanol–water partition coefficient (Wildman–Crippen LogP) is -0.963. The summed E-state index contributed by atoms with van der Waals surface area (Å²) < 4.78 is 15.3. The lowest BCUT2D eigenvalue weighted by Gasteiger charge is -2.27. The van der Waals surface area contributed by atoms with Crippen molar-refractivity contribution >= 4 is 11.9 Å². The summed E-state index contributed by atoms with van der Waals surface area (Å²) in [7, 11) is 1.52. The molecule has 19 heavy (non-hydrogen) atoms. The highest BCUT2D eigenvalue weighted by molar-refractivity contribution is 5.87. The summed E-state index contributed by atoms with van der Waals surface area (Å²) in [6.45, 7) is 2.22. The molecule has 0 bridgehead atoms. The number of hydrogen-bond donors (Lipinski definition) is 0. The number of nitrogens with zero attached hydrogens (tertiary/aromatic N) is 1. The van der Waals surface area contributed by atoms with E-state index in [9.17, 15) is 9.59 Å². The van der Waals surface area contributed by atoms with Crippen molar-refractivity contribution in [1.82, 2.24) is 5.23 Å². The standard InChI is InChI=1S/C11H15NO7/c1-3-16-10(14)8-7-9(13)17-5-11(7)6(15-2)4-18-12(11)19-8/h6-8H,3-5H2,1-2H3/t6?,7-,8-,11-/m1/s1. The van der Waals surface area contributed by atoms with E-state index in [0.29, 0.717) is 0 Å². The maximum atomic E-state index is 11.9. The number of esters is 2. The summed E-state index contributed by atoms with van der Waals surface area (Å²) in [6, 6.07) is 0. The fraction of sp³-hybridized carbons (Fsp3) is 0.818. The summed E-state index contributed by atoms with van der Waals surface area (Å²) in [4.78, 5) is 34.6. The first-order valence-electron chi connectivity index (χ1n) is 6.11. The van der Waals surface area contributed by atoms with Crippen molar-refractivity contribution in [2.75, 3.05) is 26.9 Å². The zero-order valence-electron chi connectivity index (χ0n) is 10.7. The number of rotatable bonds is 3. The van der Waals surface area contributed by atoms with Crippen LogP contribution in [0.4, 0.5) is 0 Å². The van der Waals surface area contributed by atoms with E-state index in [1.54, 1.807) is 6.92 Å². The van der Waals surface area contributed by atoms with E-state index in [0.717, 1.165) is 0 Å². The Morgan fingerprint density at radius 3 is 3.05 bits per heavy atom. The molecule has 0 N–H and O–H groups in total. The van der Waals surface area contributed by atoms with Gasteiger partial charge in [0, 0.05) is 7.11 Å². The fourth-order valence-corrected chi connectivity index (χ4v) is 2.90. The molecule has 3 aliphatic heterocycles. The number of hydrogen-bond acceptors (Lipinski definition) is 8. The van der Waals surface area contributed by atoms with Gasteiger partial charge in [0.15, 0.2) is 11.6 Å². The van der Waals surface area contributed by atoms with Crippen molar-refractivity contribution in [1.29, 1.82) is 0 Å². The Labute approximate surface area is 109 Å². The molecule has 4 atom stereocenters. The highest BCUT2D eigenvalue weighted by Crippen LogP contribution is 2.49. The van der Waals surface area contributed by atoms with Gasteiger partial charge < -0.3 is 14.2 Å². The molecule has 0 aromatic heterocycles. The third-order valence-electron chi connectivity index (χ3n) is 3.79. The van der Waals surface area contributed by atoms with Gasteiger partial charge >= 0.3 is 11.9 Å². The quantitative estimate of drug-likeness (QED) is 0.608. The summed E-state index contributed by atoms with van der Waals surface area (Å²) in [6.07, 6.45) is -1.45. The van der Waals surface area contributed by atoms with Gasteiger partial charge in [-0.1, -0.05) is 5.23 Å². The van der Waals surface area contributed by atoms with Crippen LogP contribution in [0.3, 0.4) is 0 Å². The van der Waals surface area contributed by atoms with Crippen molar-refractivity contribution in [2.45, 2.75) is 24.7 Å². The van der Waals surface area contributed by atoms with Crippen LogP contribution in [0.25, 0.3) is 0 Å². The topological polar surface area (TPSA) is 83.5 Å². The molecule has 0 radical (unpaired) electrons. The molecule has 1 spiro atoms. The van der Waals surface area contributed by atoms with E-state index in [4.69, 9.17) is 23.9 Å². The Balaban J connectivity index is 1.94. The van der Waals surface area contributed by atoms with Gasteiger partial charge in [-0.3, -0.25) is 14.5 Å². The monoisotopic (exact) mass is 273 g/mol. The van der Waals surface area contributed by atoms with Gasteiger partial charge in [0.25, 0.3) is 0 Å². The predicted molar refractivity (Wildman–Crippen MR) is 57.3 cm³/mol. The molecule has 0 aromatic rings. The molecule has 0 aliphatic carbocycles. The van der Waals surface area contributed by atoms with Crippen LogP contribution in [-0.2, 0) is 33.5 Å². The van der Waals surface area contributed by atoms with Gasteiger partial charge in [0.1, 0.15) is 18.6 Å². The van der Waals surface area contributed by atoms with Gasteiger partial charge in [-0.15, -0.1) is 0 Å². The Bertz CT molecular complexity index is 412. The van der Waals surface area contributed by atoms with Crippen molar-refractivity contribution in [3.8, 4) is 0 Å². The van der Waals surface area contributed by atoms with Gasteiger partial charge in [-0.25, -0.2) is 4.79 Å².